The SMILES string of the molecule is O=C(c1ccc(F)c(OC(F)(F)F)c1)N1CCN2C[C@H](Oc3cnc(C4CC4)cn3)C[C@H]2C1. The van der Waals surface area contributed by atoms with Gasteiger partial charge in [0.15, 0.2) is 11.6 Å². The van der Waals surface area contributed by atoms with E-state index in [0.29, 0.717) is 44.4 Å². The lowest BCUT2D eigenvalue weighted by Crippen LogP contribution is -2.52. The second-order valence-electron chi connectivity index (χ2n) is 8.62. The Bertz CT molecular complexity index is 1030. The van der Waals surface area contributed by atoms with Crippen LogP contribution in [-0.2, 0) is 0 Å². The number of piperazine rings is 1. The van der Waals surface area contributed by atoms with Crippen molar-refractivity contribution in [3.8, 4) is 11.6 Å². The molecule has 3 fully saturated rings. The molecule has 33 heavy (non-hydrogen) atoms. The molecule has 2 atom stereocenters. The predicted octanol–water partition coefficient (Wildman–Crippen LogP) is 3.37. The molecule has 2 aliphatic heterocycles. The number of halogens is 4. The molecule has 11 heteroatoms. The van der Waals surface area contributed by atoms with E-state index in [9.17, 15) is 22.4 Å². The van der Waals surface area contributed by atoms with Crippen LogP contribution in [0.25, 0.3) is 0 Å². The first-order chi connectivity index (χ1) is 15.7. The van der Waals surface area contributed by atoms with Gasteiger partial charge in [0.25, 0.3) is 5.91 Å². The first-order valence-electron chi connectivity index (χ1n) is 10.8. The number of aromatic nitrogens is 2. The maximum Gasteiger partial charge on any atom is 0.573 e. The number of benzene rings is 1. The number of fused-ring (bicyclic) bond motifs is 1. The average Bonchev–Trinajstić information content (AvgIpc) is 3.54. The van der Waals surface area contributed by atoms with Crippen LogP contribution in [0.1, 0.15) is 41.2 Å². The number of hydrogen-bond acceptors (Lipinski definition) is 6. The molecule has 1 amide bonds. The normalized spacial score (nSPS) is 23.3. The van der Waals surface area contributed by atoms with Crippen LogP contribution in [0, 0.1) is 5.82 Å². The maximum atomic E-state index is 13.7. The first kappa shape index (κ1) is 21.9. The van der Waals surface area contributed by atoms with Gasteiger partial charge in [0.1, 0.15) is 6.10 Å². The number of ether oxygens (including phenoxy) is 2. The van der Waals surface area contributed by atoms with Crippen molar-refractivity contribution in [2.45, 2.75) is 43.7 Å². The fourth-order valence-electron chi connectivity index (χ4n) is 4.44. The summed E-state index contributed by atoms with van der Waals surface area (Å²) in [4.78, 5) is 25.4. The zero-order valence-corrected chi connectivity index (χ0v) is 17.6. The third-order valence-corrected chi connectivity index (χ3v) is 6.20. The molecule has 2 saturated heterocycles. The van der Waals surface area contributed by atoms with Gasteiger partial charge in [-0.05, 0) is 31.0 Å². The molecule has 0 unspecified atom stereocenters. The van der Waals surface area contributed by atoms with Gasteiger partial charge in [-0.3, -0.25) is 14.7 Å². The lowest BCUT2D eigenvalue weighted by atomic mass is 10.1. The van der Waals surface area contributed by atoms with E-state index in [0.717, 1.165) is 36.7 Å². The number of hydrogen-bond donors (Lipinski definition) is 0. The molecule has 7 nitrogen and oxygen atoms in total. The molecule has 176 valence electrons. The minimum atomic E-state index is -5.05. The maximum absolute atomic E-state index is 13.7. The molecule has 2 aromatic rings. The van der Waals surface area contributed by atoms with Gasteiger partial charge in [-0.2, -0.15) is 0 Å². The van der Waals surface area contributed by atoms with Gasteiger partial charge in [0.2, 0.25) is 5.88 Å². The second-order valence-corrected chi connectivity index (χ2v) is 8.62. The molecule has 3 heterocycles. The fraction of sp³-hybridized carbons (Fsp3) is 0.500. The summed E-state index contributed by atoms with van der Waals surface area (Å²) in [7, 11) is 0. The highest BCUT2D eigenvalue weighted by atomic mass is 19.4. The van der Waals surface area contributed by atoms with Crippen LogP contribution in [-0.4, -0.2) is 70.4 Å². The summed E-state index contributed by atoms with van der Waals surface area (Å²) < 4.78 is 60.9. The van der Waals surface area contributed by atoms with Crippen LogP contribution in [0.3, 0.4) is 0 Å². The fourth-order valence-corrected chi connectivity index (χ4v) is 4.44. The van der Waals surface area contributed by atoms with E-state index in [1.807, 2.05) is 0 Å². The zero-order chi connectivity index (χ0) is 23.2. The van der Waals surface area contributed by atoms with Crippen LogP contribution >= 0.6 is 0 Å². The molecule has 5 rings (SSSR count). The quantitative estimate of drug-likeness (QED) is 0.630. The molecular formula is C22H22F4N4O3. The third kappa shape index (κ3) is 5.02. The van der Waals surface area contributed by atoms with Crippen LogP contribution in [0.15, 0.2) is 30.6 Å². The van der Waals surface area contributed by atoms with Crippen molar-refractivity contribution in [2.75, 3.05) is 26.2 Å². The summed E-state index contributed by atoms with van der Waals surface area (Å²) in [5, 5.41) is 0. The minimum absolute atomic E-state index is 0.0535. The molecule has 0 N–H and O–H groups in total. The Morgan fingerprint density at radius 1 is 1.09 bits per heavy atom. The van der Waals surface area contributed by atoms with Crippen molar-refractivity contribution in [2.24, 2.45) is 0 Å². The molecule has 0 spiro atoms. The van der Waals surface area contributed by atoms with Gasteiger partial charge >= 0.3 is 6.36 Å². The number of carbonyl (C=O) groups is 1. The van der Waals surface area contributed by atoms with Crippen LogP contribution in [0.4, 0.5) is 17.6 Å². The number of carbonyl (C=O) groups excluding carboxylic acids is 1. The summed E-state index contributed by atoms with van der Waals surface area (Å²) in [6.45, 7) is 2.11. The number of nitrogens with zero attached hydrogens (tertiary/aromatic N) is 4. The van der Waals surface area contributed by atoms with Crippen molar-refractivity contribution < 1.29 is 31.8 Å². The standard InChI is InChI=1S/C22H22F4N4O3/c23-17-4-3-14(7-19(17)33-22(24,25)26)21(31)30-6-5-29-12-16(8-15(29)11-30)32-20-10-27-18(9-28-20)13-1-2-13/h3-4,7,9-10,13,15-16H,1-2,5-6,8,11-12H2/t15-,16+/m0/s1. The highest BCUT2D eigenvalue weighted by Gasteiger charge is 2.39. The largest absolute Gasteiger partial charge is 0.573 e. The van der Waals surface area contributed by atoms with E-state index >= 15 is 0 Å². The topological polar surface area (TPSA) is 67.8 Å². The molecule has 3 aliphatic rings. The summed E-state index contributed by atoms with van der Waals surface area (Å²) in [5.41, 5.74) is 0.936. The van der Waals surface area contributed by atoms with Gasteiger partial charge in [-0.1, -0.05) is 0 Å². The summed E-state index contributed by atoms with van der Waals surface area (Å²) in [6.07, 6.45) is 1.25. The van der Waals surface area contributed by atoms with Crippen LogP contribution < -0.4 is 9.47 Å². The van der Waals surface area contributed by atoms with Crippen molar-refractivity contribution in [1.82, 2.24) is 19.8 Å². The molecule has 1 aliphatic carbocycles. The average molecular weight is 466 g/mol. The van der Waals surface area contributed by atoms with Gasteiger partial charge < -0.3 is 14.4 Å². The number of amides is 1. The molecule has 1 saturated carbocycles. The van der Waals surface area contributed by atoms with E-state index in [1.165, 1.54) is 0 Å². The molecule has 1 aromatic heterocycles. The van der Waals surface area contributed by atoms with Crippen molar-refractivity contribution >= 4 is 5.91 Å². The Morgan fingerprint density at radius 3 is 2.61 bits per heavy atom. The smallest absolute Gasteiger partial charge is 0.472 e. The summed E-state index contributed by atoms with van der Waals surface area (Å²) in [5.74, 6) is -1.67. The molecule has 0 radical (unpaired) electrons. The Hall–Kier alpha value is -2.95. The number of rotatable bonds is 5. The van der Waals surface area contributed by atoms with E-state index in [-0.39, 0.29) is 17.7 Å². The Morgan fingerprint density at radius 2 is 1.91 bits per heavy atom. The van der Waals surface area contributed by atoms with Crippen LogP contribution in [0.2, 0.25) is 0 Å². The van der Waals surface area contributed by atoms with Crippen LogP contribution in [0.5, 0.6) is 11.6 Å². The van der Waals surface area contributed by atoms with Gasteiger partial charge in [0.05, 0.1) is 18.1 Å². The molecule has 1 aromatic carbocycles. The predicted molar refractivity (Wildman–Crippen MR) is 107 cm³/mol. The Kier molecular flexibility index (Phi) is 5.59. The minimum Gasteiger partial charge on any atom is -0.472 e. The monoisotopic (exact) mass is 466 g/mol. The Balaban J connectivity index is 1.20. The van der Waals surface area contributed by atoms with Gasteiger partial charge in [0, 0.05) is 50.1 Å². The van der Waals surface area contributed by atoms with Crippen molar-refractivity contribution in [1.29, 1.82) is 0 Å². The van der Waals surface area contributed by atoms with Gasteiger partial charge in [-0.25, -0.2) is 9.37 Å². The lowest BCUT2D eigenvalue weighted by Gasteiger charge is -2.37. The lowest BCUT2D eigenvalue weighted by molar-refractivity contribution is -0.275. The highest BCUT2D eigenvalue weighted by molar-refractivity contribution is 5.94. The van der Waals surface area contributed by atoms with E-state index in [2.05, 4.69) is 19.6 Å². The summed E-state index contributed by atoms with van der Waals surface area (Å²) in [6, 6.07) is 2.82. The molecular weight excluding hydrogens is 444 g/mol. The molecule has 0 bridgehead atoms. The van der Waals surface area contributed by atoms with E-state index in [4.69, 9.17) is 4.74 Å². The first-order valence-corrected chi connectivity index (χ1v) is 10.8. The third-order valence-electron chi connectivity index (χ3n) is 6.20. The number of alkyl halides is 3. The second kappa shape index (κ2) is 8.44. The van der Waals surface area contributed by atoms with E-state index in [1.54, 1.807) is 17.3 Å². The van der Waals surface area contributed by atoms with Crippen molar-refractivity contribution in [3.05, 3.63) is 47.7 Å². The van der Waals surface area contributed by atoms with Gasteiger partial charge in [-0.15, -0.1) is 13.2 Å². The highest BCUT2D eigenvalue weighted by Crippen LogP contribution is 2.38. The van der Waals surface area contributed by atoms with Crippen molar-refractivity contribution in [3.63, 3.8) is 0 Å². The van der Waals surface area contributed by atoms with E-state index < -0.39 is 23.8 Å². The zero-order valence-electron chi connectivity index (χ0n) is 17.6. The Labute approximate surface area is 187 Å². The summed E-state index contributed by atoms with van der Waals surface area (Å²) >= 11 is 0.